The van der Waals surface area contributed by atoms with Crippen LogP contribution in [0, 0.1) is 6.92 Å². The molecule has 0 unspecified atom stereocenters. The Hall–Kier alpha value is -2.20. The summed E-state index contributed by atoms with van der Waals surface area (Å²) in [4.78, 5) is 16.9. The molecule has 0 aliphatic heterocycles. The molecule has 0 saturated carbocycles. The average Bonchev–Trinajstić information content (AvgIpc) is 2.89. The van der Waals surface area contributed by atoms with Crippen LogP contribution >= 0.6 is 11.3 Å². The van der Waals surface area contributed by atoms with Crippen molar-refractivity contribution < 1.29 is 4.79 Å². The number of carbonyl (C=O) groups is 1. The minimum atomic E-state index is -0.117. The third-order valence-electron chi connectivity index (χ3n) is 3.57. The zero-order valence-electron chi connectivity index (χ0n) is 12.9. The maximum Gasteiger partial charge on any atom is 0.257 e. The summed E-state index contributed by atoms with van der Waals surface area (Å²) < 4.78 is 1.10. The van der Waals surface area contributed by atoms with Gasteiger partial charge in [0.1, 0.15) is 0 Å². The number of fused-ring (bicyclic) bond motifs is 1. The highest BCUT2D eigenvalue weighted by Crippen LogP contribution is 2.31. The predicted octanol–water partition coefficient (Wildman–Crippen LogP) is 4.98. The molecule has 1 N–H and O–H groups in total. The fourth-order valence-corrected chi connectivity index (χ4v) is 3.34. The summed E-state index contributed by atoms with van der Waals surface area (Å²) in [7, 11) is 0. The van der Waals surface area contributed by atoms with Crippen molar-refractivity contribution in [2.75, 3.05) is 5.32 Å². The number of hydrogen-bond acceptors (Lipinski definition) is 3. The summed E-state index contributed by atoms with van der Waals surface area (Å²) in [5, 5.41) is 3.56. The van der Waals surface area contributed by atoms with Crippen LogP contribution in [-0.4, -0.2) is 10.9 Å². The van der Waals surface area contributed by atoms with Crippen molar-refractivity contribution in [3.8, 4) is 0 Å². The quantitative estimate of drug-likeness (QED) is 0.741. The highest BCUT2D eigenvalue weighted by molar-refractivity contribution is 7.22. The molecule has 4 heteroatoms. The van der Waals surface area contributed by atoms with E-state index in [4.69, 9.17) is 0 Å². The van der Waals surface area contributed by atoms with Crippen LogP contribution in [0.25, 0.3) is 10.2 Å². The van der Waals surface area contributed by atoms with Crippen molar-refractivity contribution in [1.82, 2.24) is 4.98 Å². The summed E-state index contributed by atoms with van der Waals surface area (Å²) >= 11 is 1.51. The number of para-hydroxylation sites is 1. The third-order valence-corrected chi connectivity index (χ3v) is 4.51. The molecule has 0 spiro atoms. The Kier molecular flexibility index (Phi) is 3.94. The fraction of sp³-hybridized carbons (Fsp3) is 0.222. The van der Waals surface area contributed by atoms with Crippen LogP contribution in [0.1, 0.15) is 41.3 Å². The lowest BCUT2D eigenvalue weighted by Gasteiger charge is -2.04. The number of hydrogen-bond donors (Lipinski definition) is 1. The van der Waals surface area contributed by atoms with Gasteiger partial charge in [0.25, 0.3) is 5.91 Å². The number of aromatic nitrogens is 1. The highest BCUT2D eigenvalue weighted by Gasteiger charge is 2.13. The van der Waals surface area contributed by atoms with Crippen molar-refractivity contribution in [2.45, 2.75) is 26.7 Å². The Morgan fingerprint density at radius 1 is 1.18 bits per heavy atom. The fourth-order valence-electron chi connectivity index (χ4n) is 2.44. The molecule has 0 bridgehead atoms. The van der Waals surface area contributed by atoms with Gasteiger partial charge in [0.05, 0.1) is 10.2 Å². The van der Waals surface area contributed by atoms with Crippen molar-refractivity contribution in [2.24, 2.45) is 0 Å². The van der Waals surface area contributed by atoms with Crippen LogP contribution in [0.3, 0.4) is 0 Å². The second-order valence-electron chi connectivity index (χ2n) is 5.69. The lowest BCUT2D eigenvalue weighted by atomic mass is 10.0. The van der Waals surface area contributed by atoms with Crippen LogP contribution in [0.5, 0.6) is 0 Å². The molecule has 0 saturated heterocycles. The Bertz CT molecular complexity index is 836. The van der Waals surface area contributed by atoms with Crippen LogP contribution in [-0.2, 0) is 0 Å². The van der Waals surface area contributed by atoms with Gasteiger partial charge in [0.2, 0.25) is 0 Å². The third kappa shape index (κ3) is 2.88. The molecule has 112 valence electrons. The van der Waals surface area contributed by atoms with Gasteiger partial charge in [-0.3, -0.25) is 10.1 Å². The second-order valence-corrected chi connectivity index (χ2v) is 6.72. The molecular weight excluding hydrogens is 292 g/mol. The molecule has 0 aliphatic carbocycles. The summed E-state index contributed by atoms with van der Waals surface area (Å²) in [5.41, 5.74) is 3.93. The van der Waals surface area contributed by atoms with Crippen LogP contribution in [0.15, 0.2) is 42.5 Å². The molecule has 1 aromatic heterocycles. The molecule has 2 aromatic carbocycles. The number of amides is 1. The Labute approximate surface area is 134 Å². The molecule has 22 heavy (non-hydrogen) atoms. The molecule has 1 amide bonds. The smallest absolute Gasteiger partial charge is 0.257 e. The number of nitrogens with zero attached hydrogens (tertiary/aromatic N) is 1. The maximum absolute atomic E-state index is 12.3. The monoisotopic (exact) mass is 310 g/mol. The summed E-state index contributed by atoms with van der Waals surface area (Å²) in [6, 6.07) is 13.7. The molecule has 0 atom stereocenters. The number of aryl methyl sites for hydroxylation is 1. The SMILES string of the molecule is Cc1cccc(C(=O)Nc2nc3c(C(C)C)cccc3s2)c1. The first-order chi connectivity index (χ1) is 10.5. The molecule has 0 fully saturated rings. The van der Waals surface area contributed by atoms with E-state index in [0.29, 0.717) is 16.6 Å². The molecule has 3 nitrogen and oxygen atoms in total. The Balaban J connectivity index is 1.91. The molecule has 3 aromatic rings. The van der Waals surface area contributed by atoms with E-state index in [2.05, 4.69) is 30.2 Å². The lowest BCUT2D eigenvalue weighted by molar-refractivity contribution is 0.102. The van der Waals surface area contributed by atoms with Gasteiger partial charge in [0, 0.05) is 5.56 Å². The minimum Gasteiger partial charge on any atom is -0.298 e. The van der Waals surface area contributed by atoms with E-state index in [1.54, 1.807) is 0 Å². The molecule has 0 aliphatic rings. The molecular formula is C18H18N2OS. The zero-order valence-corrected chi connectivity index (χ0v) is 13.7. The molecule has 0 radical (unpaired) electrons. The van der Waals surface area contributed by atoms with Crippen molar-refractivity contribution in [3.63, 3.8) is 0 Å². The number of thiazole rings is 1. The number of rotatable bonds is 3. The van der Waals surface area contributed by atoms with Crippen molar-refractivity contribution >= 4 is 32.6 Å². The first-order valence-electron chi connectivity index (χ1n) is 7.32. The van der Waals surface area contributed by atoms with Crippen molar-refractivity contribution in [3.05, 3.63) is 59.2 Å². The Morgan fingerprint density at radius 3 is 2.68 bits per heavy atom. The maximum atomic E-state index is 12.3. The standard InChI is InChI=1S/C18H18N2OS/c1-11(2)14-8-5-9-15-16(14)19-18(22-15)20-17(21)13-7-4-6-12(3)10-13/h4-11H,1-3H3,(H,19,20,21). The van der Waals surface area contributed by atoms with Gasteiger partial charge in [-0.15, -0.1) is 0 Å². The largest absolute Gasteiger partial charge is 0.298 e. The van der Waals surface area contributed by atoms with E-state index in [0.717, 1.165) is 15.8 Å². The molecule has 3 rings (SSSR count). The van der Waals surface area contributed by atoms with Gasteiger partial charge in [0.15, 0.2) is 5.13 Å². The first-order valence-corrected chi connectivity index (χ1v) is 8.13. The molecule has 1 heterocycles. The number of carbonyl (C=O) groups excluding carboxylic acids is 1. The van der Waals surface area contributed by atoms with E-state index in [1.165, 1.54) is 16.9 Å². The number of nitrogens with one attached hydrogen (secondary N) is 1. The van der Waals surface area contributed by atoms with E-state index in [1.807, 2.05) is 43.3 Å². The van der Waals surface area contributed by atoms with Crippen LogP contribution < -0.4 is 5.32 Å². The lowest BCUT2D eigenvalue weighted by Crippen LogP contribution is -2.11. The minimum absolute atomic E-state index is 0.117. The van der Waals surface area contributed by atoms with Gasteiger partial charge < -0.3 is 0 Å². The van der Waals surface area contributed by atoms with Gasteiger partial charge in [-0.1, -0.05) is 55.0 Å². The summed E-state index contributed by atoms with van der Waals surface area (Å²) in [5.74, 6) is 0.292. The van der Waals surface area contributed by atoms with Crippen LogP contribution in [0.4, 0.5) is 5.13 Å². The van der Waals surface area contributed by atoms with Gasteiger partial charge in [-0.2, -0.15) is 0 Å². The Morgan fingerprint density at radius 2 is 1.95 bits per heavy atom. The summed E-state index contributed by atoms with van der Waals surface area (Å²) in [6.07, 6.45) is 0. The van der Waals surface area contributed by atoms with E-state index in [-0.39, 0.29) is 5.91 Å². The van der Waals surface area contributed by atoms with Gasteiger partial charge in [-0.05, 0) is 36.6 Å². The normalized spacial score (nSPS) is 11.1. The predicted molar refractivity (Wildman–Crippen MR) is 92.8 cm³/mol. The van der Waals surface area contributed by atoms with Gasteiger partial charge in [-0.25, -0.2) is 4.98 Å². The number of benzene rings is 2. The zero-order chi connectivity index (χ0) is 15.7. The highest BCUT2D eigenvalue weighted by atomic mass is 32.1. The average molecular weight is 310 g/mol. The first kappa shape index (κ1) is 14.7. The van der Waals surface area contributed by atoms with Crippen molar-refractivity contribution in [1.29, 1.82) is 0 Å². The number of anilines is 1. The summed E-state index contributed by atoms with van der Waals surface area (Å²) in [6.45, 7) is 6.28. The second kappa shape index (κ2) is 5.89. The van der Waals surface area contributed by atoms with E-state index >= 15 is 0 Å². The van der Waals surface area contributed by atoms with Crippen LogP contribution in [0.2, 0.25) is 0 Å². The van der Waals surface area contributed by atoms with E-state index in [9.17, 15) is 4.79 Å². The topological polar surface area (TPSA) is 42.0 Å². The van der Waals surface area contributed by atoms with E-state index < -0.39 is 0 Å². The van der Waals surface area contributed by atoms with Gasteiger partial charge >= 0.3 is 0 Å².